The number of aliphatic hydroxyl groups is 3. The summed E-state index contributed by atoms with van der Waals surface area (Å²) in [6, 6.07) is 0. The number of carbonyl (C=O) groups excluding carboxylic acids is 1. The molecule has 0 aromatic carbocycles. The molecule has 1 amide bonds. The SMILES string of the molecule is CO[C@H](CNC(C)=O)[C@@H](O)C(O)CO. The number of amides is 1. The Morgan fingerprint density at radius 3 is 2.43 bits per heavy atom. The van der Waals surface area contributed by atoms with E-state index in [9.17, 15) is 9.90 Å². The summed E-state index contributed by atoms with van der Waals surface area (Å²) in [7, 11) is 1.35. The molecule has 1 unspecified atom stereocenters. The molecule has 3 atom stereocenters. The van der Waals surface area contributed by atoms with Gasteiger partial charge in [-0.25, -0.2) is 0 Å². The normalized spacial score (nSPS) is 17.2. The van der Waals surface area contributed by atoms with Crippen molar-refractivity contribution < 1.29 is 24.9 Å². The number of rotatable bonds is 6. The molecule has 84 valence electrons. The van der Waals surface area contributed by atoms with Crippen LogP contribution in [0.5, 0.6) is 0 Å². The number of hydrogen-bond donors (Lipinski definition) is 4. The maximum atomic E-state index is 10.6. The van der Waals surface area contributed by atoms with E-state index < -0.39 is 24.9 Å². The molecule has 0 aliphatic carbocycles. The third-order valence-electron chi connectivity index (χ3n) is 1.82. The van der Waals surface area contributed by atoms with Crippen LogP contribution in [0.2, 0.25) is 0 Å². The molecule has 0 fully saturated rings. The van der Waals surface area contributed by atoms with Crippen LogP contribution in [-0.4, -0.2) is 59.8 Å². The quantitative estimate of drug-likeness (QED) is 0.398. The molecule has 0 rings (SSSR count). The average molecular weight is 207 g/mol. The Morgan fingerprint density at radius 2 is 2.07 bits per heavy atom. The first kappa shape index (κ1) is 13.3. The molecule has 0 aliphatic rings. The van der Waals surface area contributed by atoms with E-state index in [1.54, 1.807) is 0 Å². The Hall–Kier alpha value is -0.690. The summed E-state index contributed by atoms with van der Waals surface area (Å²) in [6.07, 6.45) is -3.23. The lowest BCUT2D eigenvalue weighted by Gasteiger charge is -2.24. The zero-order chi connectivity index (χ0) is 11.1. The fourth-order valence-electron chi connectivity index (χ4n) is 0.944. The fourth-order valence-corrected chi connectivity index (χ4v) is 0.944. The Labute approximate surface area is 82.5 Å². The van der Waals surface area contributed by atoms with E-state index in [0.717, 1.165) is 0 Å². The van der Waals surface area contributed by atoms with Gasteiger partial charge < -0.3 is 25.4 Å². The predicted molar refractivity (Wildman–Crippen MR) is 48.6 cm³/mol. The molecule has 0 aliphatic heterocycles. The molecule has 0 aromatic rings. The molecule has 0 bridgehead atoms. The van der Waals surface area contributed by atoms with Gasteiger partial charge in [0.15, 0.2) is 0 Å². The third kappa shape index (κ3) is 4.52. The van der Waals surface area contributed by atoms with Crippen LogP contribution in [0.25, 0.3) is 0 Å². The van der Waals surface area contributed by atoms with Crippen molar-refractivity contribution >= 4 is 5.91 Å². The molecular formula is C8H17NO5. The van der Waals surface area contributed by atoms with Crippen LogP contribution < -0.4 is 5.32 Å². The van der Waals surface area contributed by atoms with E-state index in [0.29, 0.717) is 0 Å². The molecular weight excluding hydrogens is 190 g/mol. The lowest BCUT2D eigenvalue weighted by molar-refractivity contribution is -0.121. The van der Waals surface area contributed by atoms with Crippen LogP contribution in [0.3, 0.4) is 0 Å². The standard InChI is InChI=1S/C8H17NO5/c1-5(11)9-3-7(14-2)8(13)6(12)4-10/h6-8,10,12-13H,3-4H2,1-2H3,(H,9,11)/t6?,7-,8+/m1/s1. The number of ether oxygens (including phenoxy) is 1. The summed E-state index contributed by atoms with van der Waals surface area (Å²) in [4.78, 5) is 10.6. The maximum absolute atomic E-state index is 10.6. The average Bonchev–Trinajstić information content (AvgIpc) is 2.16. The van der Waals surface area contributed by atoms with E-state index >= 15 is 0 Å². The summed E-state index contributed by atoms with van der Waals surface area (Å²) in [5, 5.41) is 29.5. The van der Waals surface area contributed by atoms with Crippen molar-refractivity contribution in [2.24, 2.45) is 0 Å². The second kappa shape index (κ2) is 6.72. The van der Waals surface area contributed by atoms with Gasteiger partial charge >= 0.3 is 0 Å². The van der Waals surface area contributed by atoms with Gasteiger partial charge in [0.25, 0.3) is 0 Å². The number of carbonyl (C=O) groups is 1. The lowest BCUT2D eigenvalue weighted by Crippen LogP contribution is -2.46. The highest BCUT2D eigenvalue weighted by Gasteiger charge is 2.25. The van der Waals surface area contributed by atoms with E-state index in [-0.39, 0.29) is 12.5 Å². The summed E-state index contributed by atoms with van der Waals surface area (Å²) in [5.41, 5.74) is 0. The minimum atomic E-state index is -1.27. The van der Waals surface area contributed by atoms with Crippen molar-refractivity contribution in [3.63, 3.8) is 0 Å². The van der Waals surface area contributed by atoms with Crippen LogP contribution in [0.15, 0.2) is 0 Å². The second-order valence-electron chi connectivity index (χ2n) is 2.95. The molecule has 0 saturated carbocycles. The van der Waals surface area contributed by atoms with Gasteiger partial charge in [-0.3, -0.25) is 4.79 Å². The number of methoxy groups -OCH3 is 1. The molecule has 0 aromatic heterocycles. The van der Waals surface area contributed by atoms with Crippen LogP contribution in [0.4, 0.5) is 0 Å². The van der Waals surface area contributed by atoms with Gasteiger partial charge in [0, 0.05) is 20.6 Å². The van der Waals surface area contributed by atoms with E-state index in [1.807, 2.05) is 0 Å². The van der Waals surface area contributed by atoms with E-state index in [2.05, 4.69) is 5.32 Å². The molecule has 0 saturated heterocycles. The summed E-state index contributed by atoms with van der Waals surface area (Å²) >= 11 is 0. The van der Waals surface area contributed by atoms with Gasteiger partial charge in [0.2, 0.25) is 5.91 Å². The van der Waals surface area contributed by atoms with Gasteiger partial charge in [0.1, 0.15) is 18.3 Å². The Bertz CT molecular complexity index is 175. The van der Waals surface area contributed by atoms with Crippen molar-refractivity contribution in [1.29, 1.82) is 0 Å². The van der Waals surface area contributed by atoms with Crippen molar-refractivity contribution in [3.8, 4) is 0 Å². The summed E-state index contributed by atoms with van der Waals surface area (Å²) in [6.45, 7) is 0.868. The van der Waals surface area contributed by atoms with Crippen LogP contribution in [0, 0.1) is 0 Å². The van der Waals surface area contributed by atoms with Gasteiger partial charge in [0.05, 0.1) is 6.61 Å². The van der Waals surface area contributed by atoms with Crippen molar-refractivity contribution in [2.75, 3.05) is 20.3 Å². The van der Waals surface area contributed by atoms with Crippen LogP contribution in [0.1, 0.15) is 6.92 Å². The number of nitrogens with one attached hydrogen (secondary N) is 1. The third-order valence-corrected chi connectivity index (χ3v) is 1.82. The molecule has 14 heavy (non-hydrogen) atoms. The van der Waals surface area contributed by atoms with Crippen molar-refractivity contribution in [2.45, 2.75) is 25.2 Å². The highest BCUT2D eigenvalue weighted by atomic mass is 16.5. The van der Waals surface area contributed by atoms with Gasteiger partial charge in [-0.2, -0.15) is 0 Å². The molecule has 4 N–H and O–H groups in total. The Morgan fingerprint density at radius 1 is 1.50 bits per heavy atom. The topological polar surface area (TPSA) is 99.0 Å². The van der Waals surface area contributed by atoms with Crippen LogP contribution >= 0.6 is 0 Å². The fraction of sp³-hybridized carbons (Fsp3) is 0.875. The first-order valence-corrected chi connectivity index (χ1v) is 4.27. The lowest BCUT2D eigenvalue weighted by atomic mass is 10.1. The first-order chi connectivity index (χ1) is 6.52. The first-order valence-electron chi connectivity index (χ1n) is 4.27. The largest absolute Gasteiger partial charge is 0.394 e. The smallest absolute Gasteiger partial charge is 0.216 e. The molecule has 0 heterocycles. The molecule has 6 nitrogen and oxygen atoms in total. The minimum absolute atomic E-state index is 0.0874. The molecule has 0 spiro atoms. The Balaban J connectivity index is 4.04. The van der Waals surface area contributed by atoms with Gasteiger partial charge in [-0.1, -0.05) is 0 Å². The number of aliphatic hydroxyl groups excluding tert-OH is 3. The summed E-state index contributed by atoms with van der Waals surface area (Å²) in [5.74, 6) is -0.252. The summed E-state index contributed by atoms with van der Waals surface area (Å²) < 4.78 is 4.85. The van der Waals surface area contributed by atoms with E-state index in [1.165, 1.54) is 14.0 Å². The highest BCUT2D eigenvalue weighted by molar-refractivity contribution is 5.72. The monoisotopic (exact) mass is 207 g/mol. The van der Waals surface area contributed by atoms with Gasteiger partial charge in [-0.05, 0) is 0 Å². The zero-order valence-electron chi connectivity index (χ0n) is 8.30. The predicted octanol–water partition coefficient (Wildman–Crippen LogP) is -2.15. The van der Waals surface area contributed by atoms with Gasteiger partial charge in [-0.15, -0.1) is 0 Å². The van der Waals surface area contributed by atoms with Crippen molar-refractivity contribution in [3.05, 3.63) is 0 Å². The van der Waals surface area contributed by atoms with E-state index in [4.69, 9.17) is 14.9 Å². The zero-order valence-corrected chi connectivity index (χ0v) is 8.30. The van der Waals surface area contributed by atoms with Crippen LogP contribution in [-0.2, 0) is 9.53 Å². The highest BCUT2D eigenvalue weighted by Crippen LogP contribution is 2.02. The second-order valence-corrected chi connectivity index (χ2v) is 2.95. The minimum Gasteiger partial charge on any atom is -0.394 e. The van der Waals surface area contributed by atoms with Crippen molar-refractivity contribution in [1.82, 2.24) is 5.32 Å². The Kier molecular flexibility index (Phi) is 6.39. The molecule has 6 heteroatoms. The number of hydrogen-bond acceptors (Lipinski definition) is 5. The molecule has 0 radical (unpaired) electrons. The maximum Gasteiger partial charge on any atom is 0.216 e.